The molecule has 2 aromatic carbocycles. The zero-order valence-corrected chi connectivity index (χ0v) is 15.6. The molecule has 142 valence electrons. The molecule has 1 atom stereocenters. The first-order chi connectivity index (χ1) is 12.7. The largest absolute Gasteiger partial charge is 0.476 e. The van der Waals surface area contributed by atoms with Gasteiger partial charge in [-0.3, -0.25) is 13.9 Å². The van der Waals surface area contributed by atoms with Crippen molar-refractivity contribution in [3.05, 3.63) is 53.6 Å². The molecule has 2 aromatic rings. The number of fused-ring (bicyclic) bond motifs is 1. The molecule has 1 aliphatic rings. The van der Waals surface area contributed by atoms with E-state index in [9.17, 15) is 18.0 Å². The van der Waals surface area contributed by atoms with Crippen LogP contribution in [0, 0.1) is 6.92 Å². The Bertz CT molecular complexity index is 1020. The number of carbonyl (C=O) groups is 2. The number of anilines is 2. The van der Waals surface area contributed by atoms with E-state index in [-0.39, 0.29) is 17.8 Å². The molecule has 0 bridgehead atoms. The Morgan fingerprint density at radius 2 is 1.93 bits per heavy atom. The molecule has 0 radical (unpaired) electrons. The minimum atomic E-state index is -3.62. The van der Waals surface area contributed by atoms with Gasteiger partial charge in [-0.25, -0.2) is 8.42 Å². The Labute approximate surface area is 157 Å². The molecule has 1 aliphatic heterocycles. The van der Waals surface area contributed by atoms with Crippen molar-refractivity contribution in [2.45, 2.75) is 13.0 Å². The summed E-state index contributed by atoms with van der Waals surface area (Å²) in [5.74, 6) is -0.974. The number of hydrogen-bond donors (Lipinski definition) is 2. The number of benzene rings is 2. The number of sulfonamides is 1. The fraction of sp³-hybridized carbons (Fsp3) is 0.222. The number of amides is 2. The lowest BCUT2D eigenvalue weighted by molar-refractivity contribution is -0.122. The number of rotatable bonds is 4. The van der Waals surface area contributed by atoms with E-state index in [2.05, 4.69) is 5.32 Å². The summed E-state index contributed by atoms with van der Waals surface area (Å²) in [4.78, 5) is 24.2. The maximum Gasteiger partial charge on any atom is 0.267 e. The van der Waals surface area contributed by atoms with Crippen LogP contribution in [0.25, 0.3) is 0 Å². The second kappa shape index (κ2) is 6.92. The van der Waals surface area contributed by atoms with Crippen molar-refractivity contribution in [2.24, 2.45) is 5.73 Å². The Morgan fingerprint density at radius 1 is 1.22 bits per heavy atom. The van der Waals surface area contributed by atoms with Gasteiger partial charge in [0.2, 0.25) is 10.0 Å². The van der Waals surface area contributed by atoms with Crippen LogP contribution < -0.4 is 20.1 Å². The summed E-state index contributed by atoms with van der Waals surface area (Å²) in [6.45, 7) is 1.65. The van der Waals surface area contributed by atoms with Crippen molar-refractivity contribution in [1.82, 2.24) is 0 Å². The minimum absolute atomic E-state index is 0.151. The van der Waals surface area contributed by atoms with Crippen molar-refractivity contribution in [1.29, 1.82) is 0 Å². The molecule has 8 nitrogen and oxygen atoms in total. The number of nitrogens with two attached hydrogens (primary N) is 1. The topological polar surface area (TPSA) is 119 Å². The van der Waals surface area contributed by atoms with Crippen LogP contribution in [0.15, 0.2) is 42.5 Å². The quantitative estimate of drug-likeness (QED) is 0.816. The highest BCUT2D eigenvalue weighted by Crippen LogP contribution is 2.36. The summed E-state index contributed by atoms with van der Waals surface area (Å²) >= 11 is 0. The second-order valence-electron chi connectivity index (χ2n) is 6.27. The molecule has 1 heterocycles. The third kappa shape index (κ3) is 3.87. The summed E-state index contributed by atoms with van der Waals surface area (Å²) in [5.41, 5.74) is 6.96. The van der Waals surface area contributed by atoms with Gasteiger partial charge in [-0.15, -0.1) is 0 Å². The zero-order chi connectivity index (χ0) is 19.8. The molecular formula is C18H19N3O5S. The summed E-state index contributed by atoms with van der Waals surface area (Å²) in [7, 11) is -3.62. The third-order valence-electron chi connectivity index (χ3n) is 4.13. The maximum atomic E-state index is 12.7. The Balaban J connectivity index is 1.91. The molecule has 3 N–H and O–H groups in total. The smallest absolute Gasteiger partial charge is 0.267 e. The lowest BCUT2D eigenvalue weighted by Crippen LogP contribution is -2.48. The summed E-state index contributed by atoms with van der Waals surface area (Å²) in [6, 6.07) is 11.4. The van der Waals surface area contributed by atoms with Gasteiger partial charge in [-0.1, -0.05) is 18.2 Å². The van der Waals surface area contributed by atoms with Crippen LogP contribution in [0.3, 0.4) is 0 Å². The van der Waals surface area contributed by atoms with E-state index in [1.165, 1.54) is 12.1 Å². The van der Waals surface area contributed by atoms with Crippen molar-refractivity contribution >= 4 is 33.2 Å². The highest BCUT2D eigenvalue weighted by atomic mass is 32.2. The molecule has 2 amide bonds. The van der Waals surface area contributed by atoms with Crippen LogP contribution >= 0.6 is 0 Å². The highest BCUT2D eigenvalue weighted by Gasteiger charge is 2.35. The Hall–Kier alpha value is -3.07. The molecule has 0 saturated heterocycles. The highest BCUT2D eigenvalue weighted by molar-refractivity contribution is 7.92. The van der Waals surface area contributed by atoms with Gasteiger partial charge in [0, 0.05) is 0 Å². The first kappa shape index (κ1) is 18.7. The van der Waals surface area contributed by atoms with Crippen LogP contribution in [-0.4, -0.2) is 39.1 Å². The molecule has 27 heavy (non-hydrogen) atoms. The predicted octanol–water partition coefficient (Wildman–Crippen LogP) is 1.26. The van der Waals surface area contributed by atoms with E-state index in [1.54, 1.807) is 30.3 Å². The van der Waals surface area contributed by atoms with Gasteiger partial charge in [-0.2, -0.15) is 0 Å². The van der Waals surface area contributed by atoms with E-state index in [0.29, 0.717) is 11.4 Å². The average molecular weight is 389 g/mol. The molecule has 0 aliphatic carbocycles. The lowest BCUT2D eigenvalue weighted by Gasteiger charge is -2.34. The van der Waals surface area contributed by atoms with E-state index in [1.807, 2.05) is 6.92 Å². The zero-order valence-electron chi connectivity index (χ0n) is 14.8. The molecule has 1 unspecified atom stereocenters. The van der Waals surface area contributed by atoms with Crippen molar-refractivity contribution < 1.29 is 22.7 Å². The number of para-hydroxylation sites is 1. The fourth-order valence-corrected chi connectivity index (χ4v) is 3.74. The number of ether oxygens (including phenoxy) is 1. The first-order valence-corrected chi connectivity index (χ1v) is 9.96. The monoisotopic (exact) mass is 389 g/mol. The van der Waals surface area contributed by atoms with E-state index in [4.69, 9.17) is 10.5 Å². The average Bonchev–Trinajstić information content (AvgIpc) is 2.60. The molecular weight excluding hydrogens is 370 g/mol. The molecule has 3 rings (SSSR count). The third-order valence-corrected chi connectivity index (χ3v) is 5.27. The van der Waals surface area contributed by atoms with Gasteiger partial charge in [0.1, 0.15) is 5.75 Å². The SMILES string of the molecule is Cc1ccc2c(c1)N(S(C)(=O)=O)CC(C(=O)Nc1ccccc1C(N)=O)O2. The van der Waals surface area contributed by atoms with Crippen LogP contribution in [0.4, 0.5) is 11.4 Å². The molecule has 0 spiro atoms. The van der Waals surface area contributed by atoms with Crippen LogP contribution in [0.2, 0.25) is 0 Å². The van der Waals surface area contributed by atoms with Gasteiger partial charge in [0.25, 0.3) is 11.8 Å². The number of primary amides is 1. The van der Waals surface area contributed by atoms with Gasteiger partial charge < -0.3 is 15.8 Å². The van der Waals surface area contributed by atoms with Gasteiger partial charge in [0.15, 0.2) is 6.10 Å². The molecule has 0 fully saturated rings. The van der Waals surface area contributed by atoms with Crippen LogP contribution in [-0.2, 0) is 14.8 Å². The number of nitrogens with zero attached hydrogens (tertiary/aromatic N) is 1. The Morgan fingerprint density at radius 3 is 2.59 bits per heavy atom. The van der Waals surface area contributed by atoms with Gasteiger partial charge in [0.05, 0.1) is 29.7 Å². The number of nitrogens with one attached hydrogen (secondary N) is 1. The maximum absolute atomic E-state index is 12.7. The molecule has 0 aromatic heterocycles. The summed E-state index contributed by atoms with van der Waals surface area (Å²) < 4.78 is 31.3. The molecule has 9 heteroatoms. The fourth-order valence-electron chi connectivity index (χ4n) is 2.83. The van der Waals surface area contributed by atoms with Crippen LogP contribution in [0.5, 0.6) is 5.75 Å². The van der Waals surface area contributed by atoms with Gasteiger partial charge >= 0.3 is 0 Å². The number of hydrogen-bond acceptors (Lipinski definition) is 5. The lowest BCUT2D eigenvalue weighted by atomic mass is 10.1. The van der Waals surface area contributed by atoms with E-state index >= 15 is 0 Å². The van der Waals surface area contributed by atoms with E-state index < -0.39 is 27.9 Å². The predicted molar refractivity (Wildman–Crippen MR) is 101 cm³/mol. The number of carbonyl (C=O) groups excluding carboxylic acids is 2. The van der Waals surface area contributed by atoms with Crippen LogP contribution in [0.1, 0.15) is 15.9 Å². The molecule has 0 saturated carbocycles. The van der Waals surface area contributed by atoms with Gasteiger partial charge in [-0.05, 0) is 36.8 Å². The Kier molecular flexibility index (Phi) is 4.79. The van der Waals surface area contributed by atoms with E-state index in [0.717, 1.165) is 16.1 Å². The summed E-state index contributed by atoms with van der Waals surface area (Å²) in [5, 5.41) is 2.59. The van der Waals surface area contributed by atoms with Crippen molar-refractivity contribution in [2.75, 3.05) is 22.4 Å². The van der Waals surface area contributed by atoms with Crippen molar-refractivity contribution in [3.63, 3.8) is 0 Å². The van der Waals surface area contributed by atoms with Crippen molar-refractivity contribution in [3.8, 4) is 5.75 Å². The second-order valence-corrected chi connectivity index (χ2v) is 8.18. The number of aryl methyl sites for hydroxylation is 1. The normalized spacial score (nSPS) is 16.2. The summed E-state index contributed by atoms with van der Waals surface area (Å²) in [6.07, 6.45) is -0.0159. The standard InChI is InChI=1S/C18H19N3O5S/c1-11-7-8-15-14(9-11)21(27(2,24)25)10-16(26-15)18(23)20-13-6-4-3-5-12(13)17(19)22/h3-9,16H,10H2,1-2H3,(H2,19,22)(H,20,23). The first-order valence-electron chi connectivity index (χ1n) is 8.11. The minimum Gasteiger partial charge on any atom is -0.476 e.